The first-order valence-electron chi connectivity index (χ1n) is 6.33. The minimum atomic E-state index is -0.501. The highest BCUT2D eigenvalue weighted by molar-refractivity contribution is 6.32. The number of benzene rings is 1. The maximum Gasteiger partial charge on any atom is 0.407 e. The van der Waals surface area contributed by atoms with Crippen LogP contribution < -0.4 is 10.1 Å². The second kappa shape index (κ2) is 7.20. The molecule has 0 aliphatic rings. The van der Waals surface area contributed by atoms with E-state index in [2.05, 4.69) is 11.9 Å². The van der Waals surface area contributed by atoms with Crippen LogP contribution in [0.2, 0.25) is 5.02 Å². The highest BCUT2D eigenvalue weighted by atomic mass is 35.5. The van der Waals surface area contributed by atoms with Crippen LogP contribution in [0.5, 0.6) is 5.75 Å². The van der Waals surface area contributed by atoms with Gasteiger partial charge in [0.15, 0.2) is 0 Å². The topological polar surface area (TPSA) is 47.6 Å². The summed E-state index contributed by atoms with van der Waals surface area (Å²) in [5, 5.41) is 3.19. The number of halogens is 1. The van der Waals surface area contributed by atoms with E-state index in [4.69, 9.17) is 21.1 Å². The van der Waals surface area contributed by atoms with Gasteiger partial charge in [0.2, 0.25) is 0 Å². The van der Waals surface area contributed by atoms with Gasteiger partial charge in [-0.25, -0.2) is 4.79 Å². The van der Waals surface area contributed by atoms with Gasteiger partial charge in [0.05, 0.1) is 11.6 Å². The van der Waals surface area contributed by atoms with Crippen LogP contribution in [0.15, 0.2) is 24.8 Å². The molecule has 5 heteroatoms. The number of hydrogen-bond donors (Lipinski definition) is 1. The number of amides is 1. The van der Waals surface area contributed by atoms with Crippen LogP contribution in [0, 0.1) is 0 Å². The molecule has 0 heterocycles. The van der Waals surface area contributed by atoms with Crippen molar-refractivity contribution < 1.29 is 14.3 Å². The van der Waals surface area contributed by atoms with Crippen molar-refractivity contribution in [1.82, 2.24) is 5.32 Å². The first-order valence-corrected chi connectivity index (χ1v) is 6.71. The monoisotopic (exact) mass is 297 g/mol. The molecule has 0 saturated carbocycles. The molecule has 0 bridgehead atoms. The number of ether oxygens (including phenoxy) is 2. The lowest BCUT2D eigenvalue weighted by Gasteiger charge is -2.19. The molecule has 1 aromatic carbocycles. The molecule has 0 unspecified atom stereocenters. The molecule has 1 amide bonds. The van der Waals surface area contributed by atoms with Gasteiger partial charge >= 0.3 is 6.09 Å². The number of nitrogens with one attached hydrogen (secondary N) is 1. The number of carbonyl (C=O) groups is 1. The van der Waals surface area contributed by atoms with Gasteiger partial charge in [-0.05, 0) is 44.5 Å². The fourth-order valence-corrected chi connectivity index (χ4v) is 1.65. The maximum absolute atomic E-state index is 11.4. The Balaban J connectivity index is 2.33. The van der Waals surface area contributed by atoms with Crippen LogP contribution in [-0.4, -0.2) is 24.8 Å². The van der Waals surface area contributed by atoms with E-state index >= 15 is 0 Å². The van der Waals surface area contributed by atoms with Crippen LogP contribution in [-0.2, 0) is 4.74 Å². The lowest BCUT2D eigenvalue weighted by atomic mass is 10.2. The Morgan fingerprint density at radius 2 is 2.15 bits per heavy atom. The molecule has 1 aromatic rings. The third kappa shape index (κ3) is 5.97. The Morgan fingerprint density at radius 1 is 1.45 bits per heavy atom. The van der Waals surface area contributed by atoms with Crippen molar-refractivity contribution in [1.29, 1.82) is 0 Å². The van der Waals surface area contributed by atoms with Crippen molar-refractivity contribution in [3.05, 3.63) is 35.4 Å². The first-order chi connectivity index (χ1) is 9.31. The van der Waals surface area contributed by atoms with E-state index in [1.165, 1.54) is 0 Å². The van der Waals surface area contributed by atoms with Crippen molar-refractivity contribution in [3.63, 3.8) is 0 Å². The quantitative estimate of drug-likeness (QED) is 0.839. The average molecular weight is 298 g/mol. The van der Waals surface area contributed by atoms with Gasteiger partial charge in [-0.2, -0.15) is 0 Å². The molecule has 0 saturated heterocycles. The molecule has 1 N–H and O–H groups in total. The van der Waals surface area contributed by atoms with Crippen molar-refractivity contribution in [2.24, 2.45) is 0 Å². The van der Waals surface area contributed by atoms with Crippen LogP contribution in [0.4, 0.5) is 4.79 Å². The summed E-state index contributed by atoms with van der Waals surface area (Å²) in [7, 11) is 0. The summed E-state index contributed by atoms with van der Waals surface area (Å²) >= 11 is 6.02. The predicted octanol–water partition coefficient (Wildman–Crippen LogP) is 3.89. The first kappa shape index (κ1) is 16.4. The Hall–Kier alpha value is -1.68. The molecule has 110 valence electrons. The lowest BCUT2D eigenvalue weighted by molar-refractivity contribution is 0.0520. The van der Waals surface area contributed by atoms with E-state index in [0.29, 0.717) is 23.9 Å². The summed E-state index contributed by atoms with van der Waals surface area (Å²) in [5.41, 5.74) is 0.352. The summed E-state index contributed by atoms with van der Waals surface area (Å²) in [5.74, 6) is 0.645. The van der Waals surface area contributed by atoms with Gasteiger partial charge in [-0.1, -0.05) is 24.3 Å². The maximum atomic E-state index is 11.4. The largest absolute Gasteiger partial charge is 0.492 e. The predicted molar refractivity (Wildman–Crippen MR) is 81.3 cm³/mol. The summed E-state index contributed by atoms with van der Waals surface area (Å²) in [6, 6.07) is 5.34. The van der Waals surface area contributed by atoms with Crippen LogP contribution in [0.25, 0.3) is 6.08 Å². The molecule has 0 spiro atoms. The summed E-state index contributed by atoms with van der Waals surface area (Å²) in [6.45, 7) is 9.79. The van der Waals surface area contributed by atoms with Crippen molar-refractivity contribution in [2.45, 2.75) is 26.4 Å². The molecular formula is C15H20ClNO3. The fourth-order valence-electron chi connectivity index (χ4n) is 1.40. The molecule has 4 nitrogen and oxygen atoms in total. The standard InChI is InChI=1S/C15H20ClNO3/c1-5-11-6-7-12(10-13(11)16)19-9-8-17-14(18)20-15(2,3)4/h5-7,10H,1,8-9H2,2-4H3,(H,17,18). The summed E-state index contributed by atoms with van der Waals surface area (Å²) in [6.07, 6.45) is 1.22. The van der Waals surface area contributed by atoms with E-state index in [1.807, 2.05) is 26.8 Å². The van der Waals surface area contributed by atoms with E-state index in [-0.39, 0.29) is 0 Å². The molecule has 0 aromatic heterocycles. The number of hydrogen-bond acceptors (Lipinski definition) is 3. The van der Waals surface area contributed by atoms with Gasteiger partial charge in [-0.15, -0.1) is 0 Å². The van der Waals surface area contributed by atoms with Crippen LogP contribution in [0.1, 0.15) is 26.3 Å². The van der Waals surface area contributed by atoms with Crippen molar-refractivity contribution in [2.75, 3.05) is 13.2 Å². The Kier molecular flexibility index (Phi) is 5.89. The SMILES string of the molecule is C=Cc1ccc(OCCNC(=O)OC(C)(C)C)cc1Cl. The van der Waals surface area contributed by atoms with Crippen LogP contribution in [0.3, 0.4) is 0 Å². The summed E-state index contributed by atoms with van der Waals surface area (Å²) in [4.78, 5) is 11.4. The Labute approximate surface area is 124 Å². The van der Waals surface area contributed by atoms with E-state index in [9.17, 15) is 4.79 Å². The van der Waals surface area contributed by atoms with Gasteiger partial charge in [-0.3, -0.25) is 0 Å². The second-order valence-electron chi connectivity index (χ2n) is 5.16. The number of rotatable bonds is 5. The van der Waals surface area contributed by atoms with E-state index < -0.39 is 11.7 Å². The van der Waals surface area contributed by atoms with Gasteiger partial charge in [0.25, 0.3) is 0 Å². The van der Waals surface area contributed by atoms with E-state index in [1.54, 1.807) is 18.2 Å². The van der Waals surface area contributed by atoms with Gasteiger partial charge < -0.3 is 14.8 Å². The molecular weight excluding hydrogens is 278 g/mol. The third-order valence-corrected chi connectivity index (χ3v) is 2.56. The zero-order chi connectivity index (χ0) is 15.2. The zero-order valence-corrected chi connectivity index (χ0v) is 12.8. The van der Waals surface area contributed by atoms with E-state index in [0.717, 1.165) is 5.56 Å². The molecule has 0 aliphatic heterocycles. The molecule has 1 rings (SSSR count). The molecule has 20 heavy (non-hydrogen) atoms. The molecule has 0 radical (unpaired) electrons. The van der Waals surface area contributed by atoms with Crippen LogP contribution >= 0.6 is 11.6 Å². The van der Waals surface area contributed by atoms with Gasteiger partial charge in [0.1, 0.15) is 18.0 Å². The number of carbonyl (C=O) groups excluding carboxylic acids is 1. The summed E-state index contributed by atoms with van der Waals surface area (Å²) < 4.78 is 10.6. The minimum Gasteiger partial charge on any atom is -0.492 e. The molecule has 0 atom stereocenters. The minimum absolute atomic E-state index is 0.336. The van der Waals surface area contributed by atoms with Gasteiger partial charge in [0, 0.05) is 0 Å². The smallest absolute Gasteiger partial charge is 0.407 e. The Bertz CT molecular complexity index is 480. The Morgan fingerprint density at radius 3 is 2.70 bits per heavy atom. The molecule has 0 aliphatic carbocycles. The third-order valence-electron chi connectivity index (χ3n) is 2.23. The normalized spacial score (nSPS) is 10.8. The second-order valence-corrected chi connectivity index (χ2v) is 5.57. The molecule has 0 fully saturated rings. The average Bonchev–Trinajstić information content (AvgIpc) is 2.33. The van der Waals surface area contributed by atoms with Crippen molar-refractivity contribution >= 4 is 23.8 Å². The highest BCUT2D eigenvalue weighted by Gasteiger charge is 2.15. The van der Waals surface area contributed by atoms with Crippen molar-refractivity contribution in [3.8, 4) is 5.75 Å². The zero-order valence-electron chi connectivity index (χ0n) is 12.0. The highest BCUT2D eigenvalue weighted by Crippen LogP contribution is 2.23. The lowest BCUT2D eigenvalue weighted by Crippen LogP contribution is -2.34. The number of alkyl carbamates (subject to hydrolysis) is 1. The fraction of sp³-hybridized carbons (Fsp3) is 0.400.